The number of benzene rings is 1. The Morgan fingerprint density at radius 3 is 2.58 bits per heavy atom. The van der Waals surface area contributed by atoms with Gasteiger partial charge < -0.3 is 4.90 Å². The zero-order valence-corrected chi connectivity index (χ0v) is 13.5. The van der Waals surface area contributed by atoms with Crippen molar-refractivity contribution in [1.82, 2.24) is 14.7 Å². The fourth-order valence-electron chi connectivity index (χ4n) is 1.76. The molecule has 2 rings (SSSR count). The number of hydrogen-bond acceptors (Lipinski definition) is 6. The number of carbonyl (C=O) groups excluding carboxylic acids is 1. The van der Waals surface area contributed by atoms with Crippen LogP contribution in [0.5, 0.6) is 0 Å². The van der Waals surface area contributed by atoms with E-state index in [0.717, 1.165) is 23.2 Å². The lowest BCUT2D eigenvalue weighted by atomic mass is 10.3. The summed E-state index contributed by atoms with van der Waals surface area (Å²) in [6.45, 7) is 0. The van der Waals surface area contributed by atoms with Gasteiger partial charge in [-0.25, -0.2) is 4.68 Å². The molecule has 0 unspecified atom stereocenters. The number of non-ortho nitro benzene ring substituents is 1. The minimum atomic E-state index is -4.21. The monoisotopic (exact) mass is 351 g/mol. The second kappa shape index (κ2) is 6.58. The predicted octanol–water partition coefficient (Wildman–Crippen LogP) is 0.872. The molecule has 0 saturated carbocycles. The molecular formula is C13H13N5O5S. The first-order chi connectivity index (χ1) is 11.2. The van der Waals surface area contributed by atoms with Crippen LogP contribution in [0.1, 0.15) is 10.5 Å². The summed E-state index contributed by atoms with van der Waals surface area (Å²) in [7, 11) is -1.05. The number of nitro groups is 1. The van der Waals surface area contributed by atoms with Crippen molar-refractivity contribution in [3.63, 3.8) is 0 Å². The molecule has 0 amide bonds. The number of aldehydes is 1. The highest BCUT2D eigenvalue weighted by atomic mass is 32.2. The van der Waals surface area contributed by atoms with Gasteiger partial charge in [0.05, 0.1) is 10.6 Å². The van der Waals surface area contributed by atoms with Crippen molar-refractivity contribution in [3.8, 4) is 5.69 Å². The third kappa shape index (κ3) is 3.63. The molecule has 24 heavy (non-hydrogen) atoms. The highest BCUT2D eigenvalue weighted by molar-refractivity contribution is 7.90. The third-order valence-corrected chi connectivity index (χ3v) is 4.08. The van der Waals surface area contributed by atoms with Gasteiger partial charge in [-0.3, -0.25) is 14.9 Å². The number of aromatic nitrogens is 2. The van der Waals surface area contributed by atoms with E-state index in [0.29, 0.717) is 6.29 Å². The maximum Gasteiger partial charge on any atom is 0.286 e. The molecule has 0 fully saturated rings. The molecule has 10 nitrogen and oxygen atoms in total. The molecule has 1 aromatic heterocycles. The maximum atomic E-state index is 12.4. The van der Waals surface area contributed by atoms with Gasteiger partial charge >= 0.3 is 0 Å². The van der Waals surface area contributed by atoms with Crippen molar-refractivity contribution in [2.75, 3.05) is 14.1 Å². The van der Waals surface area contributed by atoms with Gasteiger partial charge in [-0.05, 0) is 12.1 Å². The van der Waals surface area contributed by atoms with E-state index in [1.165, 1.54) is 23.2 Å². The summed E-state index contributed by atoms with van der Waals surface area (Å²) in [5, 5.41) is 14.8. The highest BCUT2D eigenvalue weighted by Gasteiger charge is 2.23. The first-order valence-corrected chi connectivity index (χ1v) is 7.95. The molecule has 0 spiro atoms. The predicted molar refractivity (Wildman–Crippen MR) is 85.0 cm³/mol. The lowest BCUT2D eigenvalue weighted by molar-refractivity contribution is -0.385. The van der Waals surface area contributed by atoms with Crippen LogP contribution in [-0.4, -0.2) is 54.7 Å². The Labute approximate surface area is 137 Å². The Bertz CT molecular complexity index is 917. The summed E-state index contributed by atoms with van der Waals surface area (Å²) in [6.07, 6.45) is 2.94. The van der Waals surface area contributed by atoms with Gasteiger partial charge in [0.25, 0.3) is 15.7 Å². The quantitative estimate of drug-likeness (QED) is 0.248. The third-order valence-electron chi connectivity index (χ3n) is 2.83. The molecule has 0 saturated heterocycles. The number of rotatable bonds is 6. The molecule has 0 N–H and O–H groups in total. The first-order valence-electron chi connectivity index (χ1n) is 6.51. The Hall–Kier alpha value is -3.08. The van der Waals surface area contributed by atoms with Gasteiger partial charge in [-0.15, -0.1) is 4.40 Å². The fraction of sp³-hybridized carbons (Fsp3) is 0.154. The van der Waals surface area contributed by atoms with E-state index in [1.54, 1.807) is 14.1 Å². The minimum Gasteiger partial charge on any atom is -0.368 e. The van der Waals surface area contributed by atoms with Crippen LogP contribution in [0, 0.1) is 10.1 Å². The Morgan fingerprint density at radius 2 is 2.04 bits per heavy atom. The van der Waals surface area contributed by atoms with Crippen molar-refractivity contribution >= 4 is 28.3 Å². The molecule has 0 bridgehead atoms. The van der Waals surface area contributed by atoms with Gasteiger partial charge in [0.2, 0.25) is 0 Å². The van der Waals surface area contributed by atoms with Crippen LogP contribution in [0.3, 0.4) is 0 Å². The molecule has 0 aliphatic carbocycles. The molecule has 1 heterocycles. The lowest BCUT2D eigenvalue weighted by Gasteiger charge is -2.09. The lowest BCUT2D eigenvalue weighted by Crippen LogP contribution is -2.12. The van der Waals surface area contributed by atoms with E-state index in [1.807, 2.05) is 0 Å². The van der Waals surface area contributed by atoms with Crippen LogP contribution in [-0.2, 0) is 10.0 Å². The van der Waals surface area contributed by atoms with E-state index < -0.39 is 25.5 Å². The fourth-order valence-corrected chi connectivity index (χ4v) is 2.88. The highest BCUT2D eigenvalue weighted by Crippen LogP contribution is 2.26. The Morgan fingerprint density at radius 1 is 1.33 bits per heavy atom. The molecule has 0 radical (unpaired) electrons. The van der Waals surface area contributed by atoms with E-state index in [4.69, 9.17) is 0 Å². The average molecular weight is 351 g/mol. The molecule has 2 aromatic rings. The van der Waals surface area contributed by atoms with Crippen LogP contribution in [0.4, 0.5) is 5.69 Å². The zero-order chi connectivity index (χ0) is 17.9. The molecule has 11 heteroatoms. The van der Waals surface area contributed by atoms with E-state index in [-0.39, 0.29) is 11.4 Å². The largest absolute Gasteiger partial charge is 0.368 e. The van der Waals surface area contributed by atoms with Crippen LogP contribution in [0.2, 0.25) is 0 Å². The van der Waals surface area contributed by atoms with E-state index in [2.05, 4.69) is 9.50 Å². The number of nitrogens with zero attached hydrogens (tertiary/aromatic N) is 5. The van der Waals surface area contributed by atoms with Gasteiger partial charge in [0, 0.05) is 32.4 Å². The van der Waals surface area contributed by atoms with Gasteiger partial charge in [-0.2, -0.15) is 13.5 Å². The second-order valence-electron chi connectivity index (χ2n) is 4.87. The van der Waals surface area contributed by atoms with Crippen molar-refractivity contribution in [3.05, 3.63) is 46.3 Å². The van der Waals surface area contributed by atoms with Crippen molar-refractivity contribution in [1.29, 1.82) is 0 Å². The van der Waals surface area contributed by atoms with Crippen molar-refractivity contribution in [2.24, 2.45) is 4.40 Å². The molecular weight excluding hydrogens is 338 g/mol. The summed E-state index contributed by atoms with van der Waals surface area (Å²) in [5.41, 5.74) is -0.266. The van der Waals surface area contributed by atoms with Crippen molar-refractivity contribution in [2.45, 2.75) is 4.90 Å². The molecule has 0 atom stereocenters. The van der Waals surface area contributed by atoms with Crippen molar-refractivity contribution < 1.29 is 18.1 Å². The van der Waals surface area contributed by atoms with Crippen LogP contribution in [0.15, 0.2) is 39.8 Å². The number of sulfonamides is 1. The van der Waals surface area contributed by atoms with Crippen LogP contribution in [0.25, 0.3) is 5.69 Å². The Balaban J connectivity index is 2.67. The Kier molecular flexibility index (Phi) is 4.74. The van der Waals surface area contributed by atoms with E-state index >= 15 is 0 Å². The zero-order valence-electron chi connectivity index (χ0n) is 12.7. The summed E-state index contributed by atoms with van der Waals surface area (Å²) < 4.78 is 29.5. The van der Waals surface area contributed by atoms with Crippen LogP contribution < -0.4 is 0 Å². The summed E-state index contributed by atoms with van der Waals surface area (Å²) in [6, 6.07) is 4.66. The summed E-state index contributed by atoms with van der Waals surface area (Å²) in [5.74, 6) is 0. The molecule has 1 aromatic carbocycles. The molecule has 0 aliphatic heterocycles. The SMILES string of the molecule is CN(C)C=NS(=O)(=O)c1cc([N+](=O)[O-])ccc1-n1ccc(C=O)n1. The van der Waals surface area contributed by atoms with Crippen LogP contribution >= 0.6 is 0 Å². The first kappa shape index (κ1) is 17.3. The van der Waals surface area contributed by atoms with E-state index in [9.17, 15) is 23.3 Å². The summed E-state index contributed by atoms with van der Waals surface area (Å²) >= 11 is 0. The molecule has 126 valence electrons. The normalized spacial score (nSPS) is 11.6. The number of hydrogen-bond donors (Lipinski definition) is 0. The summed E-state index contributed by atoms with van der Waals surface area (Å²) in [4.78, 5) is 22.0. The molecule has 0 aliphatic rings. The smallest absolute Gasteiger partial charge is 0.286 e. The minimum absolute atomic E-state index is 0.0459. The van der Waals surface area contributed by atoms with Gasteiger partial charge in [0.15, 0.2) is 6.29 Å². The van der Waals surface area contributed by atoms with Gasteiger partial charge in [0.1, 0.15) is 16.9 Å². The average Bonchev–Trinajstić information content (AvgIpc) is 3.01. The number of nitro benzene ring substituents is 1. The topological polar surface area (TPSA) is 128 Å². The number of carbonyl (C=O) groups is 1. The standard InChI is InChI=1S/C13H13N5O5S/c1-16(2)9-14-24(22,23)13-7-11(18(20)21)3-4-12(13)17-6-5-10(8-19)15-17/h3-9H,1-2H3. The maximum absolute atomic E-state index is 12.4. The second-order valence-corrected chi connectivity index (χ2v) is 6.47. The van der Waals surface area contributed by atoms with Gasteiger partial charge in [-0.1, -0.05) is 0 Å².